The van der Waals surface area contributed by atoms with Crippen LogP contribution in [0.1, 0.15) is 23.6 Å². The van der Waals surface area contributed by atoms with Crippen LogP contribution in [0.15, 0.2) is 36.8 Å². The van der Waals surface area contributed by atoms with Crippen molar-refractivity contribution >= 4 is 5.97 Å². The summed E-state index contributed by atoms with van der Waals surface area (Å²) in [5, 5.41) is 8.91. The minimum atomic E-state index is -1.09. The van der Waals surface area contributed by atoms with Gasteiger partial charge in [0.2, 0.25) is 0 Å². The fraction of sp³-hybridized carbons (Fsp3) is 0.154. The summed E-state index contributed by atoms with van der Waals surface area (Å²) < 4.78 is 26.7. The van der Waals surface area contributed by atoms with E-state index in [-0.39, 0.29) is 12.0 Å². The molecule has 98 valence electrons. The van der Waals surface area contributed by atoms with Crippen molar-refractivity contribution in [3.05, 3.63) is 59.7 Å². The van der Waals surface area contributed by atoms with Gasteiger partial charge < -0.3 is 5.11 Å². The Hall–Kier alpha value is -2.37. The number of nitrogens with zero attached hydrogens (tertiary/aromatic N) is 2. The molecule has 1 aromatic heterocycles. The number of rotatable bonds is 4. The lowest BCUT2D eigenvalue weighted by Crippen LogP contribution is -2.11. The van der Waals surface area contributed by atoms with E-state index in [0.29, 0.717) is 5.69 Å². The number of aromatic nitrogens is 2. The molecule has 0 radical (unpaired) electrons. The lowest BCUT2D eigenvalue weighted by Gasteiger charge is -2.15. The van der Waals surface area contributed by atoms with Crippen LogP contribution in [0.4, 0.5) is 8.78 Å². The monoisotopic (exact) mass is 264 g/mol. The molecule has 2 rings (SSSR count). The molecular weight excluding hydrogens is 254 g/mol. The molecule has 0 aliphatic rings. The van der Waals surface area contributed by atoms with Crippen LogP contribution in [0.25, 0.3) is 0 Å². The third-order valence-electron chi connectivity index (χ3n) is 2.68. The number of aliphatic carboxylic acids is 1. The van der Waals surface area contributed by atoms with Crippen molar-refractivity contribution in [2.45, 2.75) is 12.3 Å². The number of carboxylic acids is 1. The Morgan fingerprint density at radius 2 is 2.11 bits per heavy atom. The second kappa shape index (κ2) is 5.51. The summed E-state index contributed by atoms with van der Waals surface area (Å²) in [6.07, 6.45) is 2.36. The lowest BCUT2D eigenvalue weighted by atomic mass is 9.92. The summed E-state index contributed by atoms with van der Waals surface area (Å²) in [6, 6.07) is 4.57. The van der Waals surface area contributed by atoms with Gasteiger partial charge in [0, 0.05) is 18.2 Å². The first-order valence-corrected chi connectivity index (χ1v) is 5.50. The molecule has 2 aromatic rings. The fourth-order valence-electron chi connectivity index (χ4n) is 1.84. The van der Waals surface area contributed by atoms with Crippen molar-refractivity contribution < 1.29 is 18.7 Å². The Kier molecular flexibility index (Phi) is 3.79. The molecule has 0 aliphatic heterocycles. The van der Waals surface area contributed by atoms with Crippen molar-refractivity contribution in [1.29, 1.82) is 0 Å². The molecule has 1 heterocycles. The third-order valence-corrected chi connectivity index (χ3v) is 2.68. The first-order valence-electron chi connectivity index (χ1n) is 5.50. The Morgan fingerprint density at radius 1 is 1.32 bits per heavy atom. The van der Waals surface area contributed by atoms with Crippen molar-refractivity contribution in [3.8, 4) is 0 Å². The molecule has 1 atom stereocenters. The predicted octanol–water partition coefficient (Wildman–Crippen LogP) is 2.36. The van der Waals surface area contributed by atoms with E-state index in [0.717, 1.165) is 12.1 Å². The predicted molar refractivity (Wildman–Crippen MR) is 62.5 cm³/mol. The highest BCUT2D eigenvalue weighted by Crippen LogP contribution is 2.28. The highest BCUT2D eigenvalue weighted by Gasteiger charge is 2.22. The maximum absolute atomic E-state index is 13.8. The highest BCUT2D eigenvalue weighted by atomic mass is 19.1. The molecular formula is C13H10F2N2O2. The van der Waals surface area contributed by atoms with Crippen molar-refractivity contribution in [1.82, 2.24) is 9.97 Å². The number of hydrogen-bond donors (Lipinski definition) is 1. The molecule has 1 N–H and O–H groups in total. The van der Waals surface area contributed by atoms with Gasteiger partial charge in [-0.15, -0.1) is 0 Å². The second-order valence-corrected chi connectivity index (χ2v) is 3.95. The normalized spacial score (nSPS) is 12.1. The molecule has 0 saturated heterocycles. The van der Waals surface area contributed by atoms with Gasteiger partial charge in [0.1, 0.15) is 18.0 Å². The topological polar surface area (TPSA) is 63.1 Å². The molecule has 1 aromatic carbocycles. The van der Waals surface area contributed by atoms with Crippen LogP contribution in [0.2, 0.25) is 0 Å². The molecule has 4 nitrogen and oxygen atoms in total. The SMILES string of the molecule is O=C(O)CC(c1ccncn1)c1ccc(F)cc1F. The zero-order valence-corrected chi connectivity index (χ0v) is 9.75. The van der Waals surface area contributed by atoms with Gasteiger partial charge in [-0.25, -0.2) is 18.7 Å². The van der Waals surface area contributed by atoms with E-state index >= 15 is 0 Å². The van der Waals surface area contributed by atoms with E-state index in [1.807, 2.05) is 0 Å². The molecule has 19 heavy (non-hydrogen) atoms. The summed E-state index contributed by atoms with van der Waals surface area (Å²) in [7, 11) is 0. The number of carbonyl (C=O) groups is 1. The Balaban J connectivity index is 2.46. The van der Waals surface area contributed by atoms with E-state index in [4.69, 9.17) is 5.11 Å². The largest absolute Gasteiger partial charge is 0.481 e. The summed E-state index contributed by atoms with van der Waals surface area (Å²) in [5.41, 5.74) is 0.477. The summed E-state index contributed by atoms with van der Waals surface area (Å²) in [6.45, 7) is 0. The van der Waals surface area contributed by atoms with E-state index in [1.165, 1.54) is 24.7 Å². The van der Waals surface area contributed by atoms with Crippen LogP contribution in [0.3, 0.4) is 0 Å². The Bertz CT molecular complexity index is 590. The van der Waals surface area contributed by atoms with Crippen molar-refractivity contribution in [2.75, 3.05) is 0 Å². The van der Waals surface area contributed by atoms with Crippen LogP contribution in [-0.4, -0.2) is 21.0 Å². The van der Waals surface area contributed by atoms with E-state index in [2.05, 4.69) is 9.97 Å². The Labute approximate surface area is 107 Å². The quantitative estimate of drug-likeness (QED) is 0.920. The van der Waals surface area contributed by atoms with Gasteiger partial charge in [-0.1, -0.05) is 6.07 Å². The number of hydrogen-bond acceptors (Lipinski definition) is 3. The van der Waals surface area contributed by atoms with Gasteiger partial charge in [0.25, 0.3) is 0 Å². The van der Waals surface area contributed by atoms with Crippen LogP contribution >= 0.6 is 0 Å². The van der Waals surface area contributed by atoms with Crippen LogP contribution in [-0.2, 0) is 4.79 Å². The third kappa shape index (κ3) is 3.09. The van der Waals surface area contributed by atoms with Gasteiger partial charge in [0.15, 0.2) is 0 Å². The molecule has 0 bridgehead atoms. The standard InChI is InChI=1S/C13H10F2N2O2/c14-8-1-2-9(11(15)5-8)10(6-13(18)19)12-3-4-16-7-17-12/h1-5,7,10H,6H2,(H,18,19). The average molecular weight is 264 g/mol. The number of benzene rings is 1. The average Bonchev–Trinajstić information content (AvgIpc) is 2.37. The van der Waals surface area contributed by atoms with Gasteiger partial charge in [-0.3, -0.25) is 4.79 Å². The molecule has 1 unspecified atom stereocenters. The first-order chi connectivity index (χ1) is 9.08. The summed E-state index contributed by atoms with van der Waals surface area (Å²) >= 11 is 0. The zero-order chi connectivity index (χ0) is 13.8. The molecule has 0 saturated carbocycles. The van der Waals surface area contributed by atoms with E-state index in [9.17, 15) is 13.6 Å². The molecule has 0 spiro atoms. The van der Waals surface area contributed by atoms with Gasteiger partial charge in [-0.2, -0.15) is 0 Å². The first kappa shape index (κ1) is 13.1. The Morgan fingerprint density at radius 3 is 2.68 bits per heavy atom. The number of halogens is 2. The fourth-order valence-corrected chi connectivity index (χ4v) is 1.84. The molecule has 0 fully saturated rings. The van der Waals surface area contributed by atoms with Crippen molar-refractivity contribution in [2.24, 2.45) is 0 Å². The molecule has 6 heteroatoms. The minimum Gasteiger partial charge on any atom is -0.481 e. The smallest absolute Gasteiger partial charge is 0.304 e. The van der Waals surface area contributed by atoms with E-state index in [1.54, 1.807) is 0 Å². The van der Waals surface area contributed by atoms with Gasteiger partial charge >= 0.3 is 5.97 Å². The molecule has 0 aliphatic carbocycles. The lowest BCUT2D eigenvalue weighted by molar-refractivity contribution is -0.137. The zero-order valence-electron chi connectivity index (χ0n) is 9.75. The number of carboxylic acid groups (broad SMARTS) is 1. The van der Waals surface area contributed by atoms with Crippen molar-refractivity contribution in [3.63, 3.8) is 0 Å². The minimum absolute atomic E-state index is 0.0995. The maximum Gasteiger partial charge on any atom is 0.304 e. The van der Waals surface area contributed by atoms with Crippen LogP contribution in [0.5, 0.6) is 0 Å². The van der Waals surface area contributed by atoms with Gasteiger partial charge in [0.05, 0.1) is 12.1 Å². The highest BCUT2D eigenvalue weighted by molar-refractivity contribution is 5.68. The second-order valence-electron chi connectivity index (χ2n) is 3.95. The van der Waals surface area contributed by atoms with Gasteiger partial charge in [-0.05, 0) is 17.7 Å². The maximum atomic E-state index is 13.8. The molecule has 0 amide bonds. The van der Waals surface area contributed by atoms with Crippen LogP contribution in [0, 0.1) is 11.6 Å². The summed E-state index contributed by atoms with van der Waals surface area (Å²) in [5.74, 6) is -3.36. The van der Waals surface area contributed by atoms with Crippen LogP contribution < -0.4 is 0 Å². The van der Waals surface area contributed by atoms with E-state index < -0.39 is 23.5 Å². The summed E-state index contributed by atoms with van der Waals surface area (Å²) in [4.78, 5) is 18.6.